The molecule has 0 bridgehead atoms. The summed E-state index contributed by atoms with van der Waals surface area (Å²) in [5.41, 5.74) is -0.626. The van der Waals surface area contributed by atoms with Gasteiger partial charge in [-0.15, -0.1) is 0 Å². The maximum atomic E-state index is 9.93. The molecule has 3 N–H and O–H groups in total. The molecule has 0 saturated carbocycles. The molecule has 4 heteroatoms. The van der Waals surface area contributed by atoms with Crippen molar-refractivity contribution in [1.82, 2.24) is 15.5 Å². The first-order valence-electron chi connectivity index (χ1n) is 4.81. The van der Waals surface area contributed by atoms with Crippen molar-refractivity contribution < 1.29 is 5.11 Å². The number of rotatable bonds is 5. The maximum Gasteiger partial charge on any atom is 0.0869 e. The predicted molar refractivity (Wildman–Crippen MR) is 53.8 cm³/mol. The molecule has 0 aromatic heterocycles. The van der Waals surface area contributed by atoms with E-state index in [9.17, 15) is 5.11 Å². The first-order valence-corrected chi connectivity index (χ1v) is 4.81. The fourth-order valence-electron chi connectivity index (χ4n) is 1.53. The van der Waals surface area contributed by atoms with E-state index < -0.39 is 5.60 Å². The molecule has 1 unspecified atom stereocenters. The summed E-state index contributed by atoms with van der Waals surface area (Å²) in [4.78, 5) is 2.00. The van der Waals surface area contributed by atoms with Crippen molar-refractivity contribution in [2.24, 2.45) is 0 Å². The highest BCUT2D eigenvalue weighted by atomic mass is 16.3. The Hall–Kier alpha value is -0.160. The molecular weight excluding hydrogens is 166 g/mol. The van der Waals surface area contributed by atoms with Crippen LogP contribution >= 0.6 is 0 Å². The van der Waals surface area contributed by atoms with E-state index in [4.69, 9.17) is 0 Å². The van der Waals surface area contributed by atoms with E-state index in [0.717, 1.165) is 13.1 Å². The number of likely N-dealkylation sites (N-methyl/N-ethyl adjacent to an activating group) is 1. The summed E-state index contributed by atoms with van der Waals surface area (Å²) < 4.78 is 0. The van der Waals surface area contributed by atoms with Gasteiger partial charge in [-0.3, -0.25) is 0 Å². The zero-order valence-corrected chi connectivity index (χ0v) is 8.80. The molecule has 78 valence electrons. The number of hydrogen-bond donors (Lipinski definition) is 3. The van der Waals surface area contributed by atoms with Crippen LogP contribution in [0.15, 0.2) is 0 Å². The van der Waals surface area contributed by atoms with Crippen molar-refractivity contribution in [2.45, 2.75) is 18.6 Å². The van der Waals surface area contributed by atoms with Crippen molar-refractivity contribution in [3.63, 3.8) is 0 Å². The van der Waals surface area contributed by atoms with Gasteiger partial charge in [-0.25, -0.2) is 0 Å². The summed E-state index contributed by atoms with van der Waals surface area (Å²) in [6.45, 7) is 5.28. The molecule has 0 spiro atoms. The summed E-state index contributed by atoms with van der Waals surface area (Å²) in [7, 11) is 3.94. The summed E-state index contributed by atoms with van der Waals surface area (Å²) in [6.07, 6.45) is 0. The van der Waals surface area contributed by atoms with E-state index in [1.807, 2.05) is 25.9 Å². The van der Waals surface area contributed by atoms with E-state index in [2.05, 4.69) is 10.6 Å². The van der Waals surface area contributed by atoms with E-state index in [1.54, 1.807) is 0 Å². The van der Waals surface area contributed by atoms with Gasteiger partial charge in [0.05, 0.1) is 5.60 Å². The largest absolute Gasteiger partial charge is 0.388 e. The van der Waals surface area contributed by atoms with Crippen LogP contribution in [0.3, 0.4) is 0 Å². The van der Waals surface area contributed by atoms with Crippen LogP contribution in [-0.4, -0.2) is 61.9 Å². The highest BCUT2D eigenvalue weighted by Crippen LogP contribution is 2.03. The Morgan fingerprint density at radius 3 is 2.54 bits per heavy atom. The second-order valence-electron chi connectivity index (χ2n) is 4.47. The smallest absolute Gasteiger partial charge is 0.0869 e. The molecule has 1 rings (SSSR count). The van der Waals surface area contributed by atoms with Crippen LogP contribution in [0.1, 0.15) is 6.92 Å². The predicted octanol–water partition coefficient (Wildman–Crippen LogP) is -1.14. The summed E-state index contributed by atoms with van der Waals surface area (Å²) in [5.74, 6) is 0. The Morgan fingerprint density at radius 1 is 1.54 bits per heavy atom. The Balaban J connectivity index is 2.16. The van der Waals surface area contributed by atoms with E-state index in [0.29, 0.717) is 19.1 Å². The minimum Gasteiger partial charge on any atom is -0.388 e. The standard InChI is InChI=1S/C9H21N3O/c1-9(13,7-12(2)3)6-11-8-4-10-5-8/h8,10-11,13H,4-7H2,1-3H3. The third-order valence-corrected chi connectivity index (χ3v) is 2.21. The Morgan fingerprint density at radius 2 is 2.15 bits per heavy atom. The minimum absolute atomic E-state index is 0.550. The zero-order valence-electron chi connectivity index (χ0n) is 8.80. The van der Waals surface area contributed by atoms with Gasteiger partial charge in [-0.1, -0.05) is 0 Å². The summed E-state index contributed by atoms with van der Waals surface area (Å²) in [6, 6.07) is 0.550. The van der Waals surface area contributed by atoms with Gasteiger partial charge >= 0.3 is 0 Å². The quantitative estimate of drug-likeness (QED) is 0.509. The van der Waals surface area contributed by atoms with Crippen LogP contribution in [0.2, 0.25) is 0 Å². The van der Waals surface area contributed by atoms with Crippen LogP contribution in [0.25, 0.3) is 0 Å². The Kier molecular flexibility index (Phi) is 3.67. The third-order valence-electron chi connectivity index (χ3n) is 2.21. The Bertz CT molecular complexity index is 155. The lowest BCUT2D eigenvalue weighted by atomic mass is 10.1. The Labute approximate surface area is 80.3 Å². The van der Waals surface area contributed by atoms with Gasteiger partial charge in [0.1, 0.15) is 0 Å². The number of aliphatic hydroxyl groups is 1. The second kappa shape index (κ2) is 4.37. The number of nitrogens with one attached hydrogen (secondary N) is 2. The molecule has 0 aromatic carbocycles. The highest BCUT2D eigenvalue weighted by molar-refractivity contribution is 4.86. The monoisotopic (exact) mass is 187 g/mol. The lowest BCUT2D eigenvalue weighted by molar-refractivity contribution is 0.0297. The van der Waals surface area contributed by atoms with Crippen molar-refractivity contribution >= 4 is 0 Å². The second-order valence-corrected chi connectivity index (χ2v) is 4.47. The topological polar surface area (TPSA) is 47.5 Å². The maximum absolute atomic E-state index is 9.93. The van der Waals surface area contributed by atoms with Gasteiger partial charge in [0.15, 0.2) is 0 Å². The average molecular weight is 187 g/mol. The number of hydrogen-bond acceptors (Lipinski definition) is 4. The molecule has 0 aromatic rings. The average Bonchev–Trinajstić information content (AvgIpc) is 1.79. The van der Waals surface area contributed by atoms with Gasteiger partial charge < -0.3 is 20.6 Å². The van der Waals surface area contributed by atoms with E-state index in [1.165, 1.54) is 0 Å². The fourth-order valence-corrected chi connectivity index (χ4v) is 1.53. The molecule has 1 heterocycles. The van der Waals surface area contributed by atoms with Gasteiger partial charge in [-0.05, 0) is 21.0 Å². The van der Waals surface area contributed by atoms with Gasteiger partial charge in [0, 0.05) is 32.2 Å². The molecule has 1 aliphatic heterocycles. The first-order chi connectivity index (χ1) is 5.99. The summed E-state index contributed by atoms with van der Waals surface area (Å²) in [5, 5.41) is 16.4. The lowest BCUT2D eigenvalue weighted by Gasteiger charge is -2.33. The van der Waals surface area contributed by atoms with E-state index >= 15 is 0 Å². The van der Waals surface area contributed by atoms with Gasteiger partial charge in [0.25, 0.3) is 0 Å². The van der Waals surface area contributed by atoms with E-state index in [-0.39, 0.29) is 0 Å². The molecule has 1 atom stereocenters. The molecule has 1 fully saturated rings. The number of nitrogens with zero attached hydrogens (tertiary/aromatic N) is 1. The zero-order chi connectivity index (χ0) is 9.90. The van der Waals surface area contributed by atoms with Gasteiger partial charge in [0.2, 0.25) is 0 Å². The normalized spacial score (nSPS) is 22.8. The fraction of sp³-hybridized carbons (Fsp3) is 1.00. The van der Waals surface area contributed by atoms with Crippen molar-refractivity contribution in [2.75, 3.05) is 40.3 Å². The first kappa shape index (κ1) is 10.9. The van der Waals surface area contributed by atoms with Crippen LogP contribution in [0.4, 0.5) is 0 Å². The van der Waals surface area contributed by atoms with Crippen LogP contribution < -0.4 is 10.6 Å². The molecular formula is C9H21N3O. The van der Waals surface area contributed by atoms with Crippen LogP contribution in [0, 0.1) is 0 Å². The summed E-state index contributed by atoms with van der Waals surface area (Å²) >= 11 is 0. The lowest BCUT2D eigenvalue weighted by Crippen LogP contribution is -2.59. The molecule has 13 heavy (non-hydrogen) atoms. The molecule has 4 nitrogen and oxygen atoms in total. The third kappa shape index (κ3) is 4.04. The minimum atomic E-state index is -0.626. The molecule has 1 aliphatic rings. The molecule has 0 aliphatic carbocycles. The van der Waals surface area contributed by atoms with Crippen molar-refractivity contribution in [3.05, 3.63) is 0 Å². The van der Waals surface area contributed by atoms with Crippen LogP contribution in [0.5, 0.6) is 0 Å². The SMILES string of the molecule is CN(C)CC(C)(O)CNC1CNC1. The van der Waals surface area contributed by atoms with Crippen molar-refractivity contribution in [1.29, 1.82) is 0 Å². The van der Waals surface area contributed by atoms with Crippen LogP contribution in [-0.2, 0) is 0 Å². The molecule has 1 saturated heterocycles. The molecule has 0 amide bonds. The van der Waals surface area contributed by atoms with Gasteiger partial charge in [-0.2, -0.15) is 0 Å². The molecule has 0 radical (unpaired) electrons. The highest BCUT2D eigenvalue weighted by Gasteiger charge is 2.24. The van der Waals surface area contributed by atoms with Crippen molar-refractivity contribution in [3.8, 4) is 0 Å².